The van der Waals surface area contributed by atoms with Crippen molar-refractivity contribution in [2.75, 3.05) is 5.32 Å². The molecule has 3 aromatic rings. The lowest BCUT2D eigenvalue weighted by molar-refractivity contribution is 0.559. The van der Waals surface area contributed by atoms with Crippen molar-refractivity contribution in [1.82, 2.24) is 4.98 Å². The number of hydrogen-bond acceptors (Lipinski definition) is 4. The SMILES string of the molecule is Cc1cc(NCc2cc3ccccc3o2)c(C#N)c(C)n1. The Balaban J connectivity index is 1.86. The summed E-state index contributed by atoms with van der Waals surface area (Å²) in [7, 11) is 0. The quantitative estimate of drug-likeness (QED) is 0.788. The predicted molar refractivity (Wildman–Crippen MR) is 82.0 cm³/mol. The molecular formula is C17H15N3O. The molecule has 0 atom stereocenters. The molecule has 2 aromatic heterocycles. The minimum absolute atomic E-state index is 0.534. The van der Waals surface area contributed by atoms with Crippen molar-refractivity contribution in [2.45, 2.75) is 20.4 Å². The molecule has 0 spiro atoms. The fourth-order valence-electron chi connectivity index (χ4n) is 2.42. The molecule has 104 valence electrons. The Morgan fingerprint density at radius 3 is 2.81 bits per heavy atom. The Bertz CT molecular complexity index is 810. The van der Waals surface area contributed by atoms with Gasteiger partial charge >= 0.3 is 0 Å². The van der Waals surface area contributed by atoms with Crippen molar-refractivity contribution < 1.29 is 4.42 Å². The molecular weight excluding hydrogens is 262 g/mol. The number of rotatable bonds is 3. The maximum Gasteiger partial charge on any atom is 0.134 e. The highest BCUT2D eigenvalue weighted by atomic mass is 16.3. The Hall–Kier alpha value is -2.80. The molecule has 3 rings (SSSR count). The van der Waals surface area contributed by atoms with Crippen LogP contribution in [-0.2, 0) is 6.54 Å². The van der Waals surface area contributed by atoms with E-state index in [1.165, 1.54) is 0 Å². The molecule has 0 saturated carbocycles. The van der Waals surface area contributed by atoms with Gasteiger partial charge in [-0.1, -0.05) is 18.2 Å². The van der Waals surface area contributed by atoms with Crippen molar-refractivity contribution in [3.05, 3.63) is 59.1 Å². The van der Waals surface area contributed by atoms with E-state index >= 15 is 0 Å². The molecule has 1 aromatic carbocycles. The van der Waals surface area contributed by atoms with Crippen LogP contribution in [0, 0.1) is 25.2 Å². The molecule has 1 N–H and O–H groups in total. The van der Waals surface area contributed by atoms with E-state index in [0.29, 0.717) is 12.1 Å². The third-order valence-electron chi connectivity index (χ3n) is 3.37. The van der Waals surface area contributed by atoms with E-state index in [0.717, 1.165) is 33.8 Å². The van der Waals surface area contributed by atoms with Crippen LogP contribution < -0.4 is 5.32 Å². The van der Waals surface area contributed by atoms with E-state index in [1.54, 1.807) is 0 Å². The summed E-state index contributed by atoms with van der Waals surface area (Å²) in [5, 5.41) is 13.6. The number of benzene rings is 1. The Kier molecular flexibility index (Phi) is 3.33. The molecule has 0 saturated heterocycles. The molecule has 0 bridgehead atoms. The van der Waals surface area contributed by atoms with Crippen LogP contribution in [0.1, 0.15) is 22.7 Å². The molecule has 2 heterocycles. The lowest BCUT2D eigenvalue weighted by Gasteiger charge is -2.09. The number of nitrogens with one attached hydrogen (secondary N) is 1. The van der Waals surface area contributed by atoms with Gasteiger partial charge in [0.15, 0.2) is 0 Å². The van der Waals surface area contributed by atoms with Crippen molar-refractivity contribution in [3.63, 3.8) is 0 Å². The number of furan rings is 1. The van der Waals surface area contributed by atoms with Gasteiger partial charge in [0.2, 0.25) is 0 Å². The second-order valence-electron chi connectivity index (χ2n) is 4.99. The first kappa shape index (κ1) is 13.2. The summed E-state index contributed by atoms with van der Waals surface area (Å²) in [5.41, 5.74) is 3.87. The zero-order chi connectivity index (χ0) is 14.8. The molecule has 0 radical (unpaired) electrons. The summed E-state index contributed by atoms with van der Waals surface area (Å²) in [5.74, 6) is 0.840. The van der Waals surface area contributed by atoms with Gasteiger partial charge in [-0.15, -0.1) is 0 Å². The fraction of sp³-hybridized carbons (Fsp3) is 0.176. The topological polar surface area (TPSA) is 61.9 Å². The number of hydrogen-bond donors (Lipinski definition) is 1. The third-order valence-corrected chi connectivity index (χ3v) is 3.37. The third kappa shape index (κ3) is 2.59. The van der Waals surface area contributed by atoms with Crippen LogP contribution in [-0.4, -0.2) is 4.98 Å². The highest BCUT2D eigenvalue weighted by Crippen LogP contribution is 2.22. The lowest BCUT2D eigenvalue weighted by atomic mass is 10.1. The lowest BCUT2D eigenvalue weighted by Crippen LogP contribution is -2.03. The number of pyridine rings is 1. The molecule has 0 aliphatic rings. The number of para-hydroxylation sites is 1. The zero-order valence-electron chi connectivity index (χ0n) is 12.0. The molecule has 0 unspecified atom stereocenters. The van der Waals surface area contributed by atoms with Gasteiger partial charge in [0.25, 0.3) is 0 Å². The molecule has 4 nitrogen and oxygen atoms in total. The van der Waals surface area contributed by atoms with Gasteiger partial charge in [0, 0.05) is 11.1 Å². The highest BCUT2D eigenvalue weighted by molar-refractivity contribution is 5.77. The van der Waals surface area contributed by atoms with E-state index in [-0.39, 0.29) is 0 Å². The number of aryl methyl sites for hydroxylation is 2. The van der Waals surface area contributed by atoms with Gasteiger partial charge in [0.05, 0.1) is 23.5 Å². The van der Waals surface area contributed by atoms with E-state index in [2.05, 4.69) is 16.4 Å². The fourth-order valence-corrected chi connectivity index (χ4v) is 2.42. The highest BCUT2D eigenvalue weighted by Gasteiger charge is 2.09. The van der Waals surface area contributed by atoms with Crippen LogP contribution >= 0.6 is 0 Å². The van der Waals surface area contributed by atoms with Gasteiger partial charge in [-0.05, 0) is 32.0 Å². The predicted octanol–water partition coefficient (Wildman–Crippen LogP) is 3.93. The number of nitrogens with zero attached hydrogens (tertiary/aromatic N) is 2. The summed E-state index contributed by atoms with van der Waals surface area (Å²) in [6, 6.07) is 14.0. The Labute approximate surface area is 123 Å². The molecule has 0 aliphatic heterocycles. The zero-order valence-corrected chi connectivity index (χ0v) is 12.0. The molecule has 0 aliphatic carbocycles. The number of fused-ring (bicyclic) bond motifs is 1. The van der Waals surface area contributed by atoms with Crippen LogP contribution in [0.15, 0.2) is 40.8 Å². The van der Waals surface area contributed by atoms with Crippen LogP contribution in [0.3, 0.4) is 0 Å². The van der Waals surface area contributed by atoms with Crippen LogP contribution in [0.2, 0.25) is 0 Å². The second-order valence-corrected chi connectivity index (χ2v) is 4.99. The van der Waals surface area contributed by atoms with Crippen molar-refractivity contribution in [1.29, 1.82) is 5.26 Å². The minimum Gasteiger partial charge on any atom is -0.459 e. The van der Waals surface area contributed by atoms with Gasteiger partial charge < -0.3 is 9.73 Å². The number of aromatic nitrogens is 1. The Morgan fingerprint density at radius 1 is 1.24 bits per heavy atom. The normalized spacial score (nSPS) is 10.5. The summed E-state index contributed by atoms with van der Waals surface area (Å²) in [6.07, 6.45) is 0. The van der Waals surface area contributed by atoms with Gasteiger partial charge in [0.1, 0.15) is 17.4 Å². The molecule has 4 heteroatoms. The van der Waals surface area contributed by atoms with E-state index in [1.807, 2.05) is 50.2 Å². The number of anilines is 1. The standard InChI is InChI=1S/C17H15N3O/c1-11-7-16(15(9-18)12(2)20-11)19-10-14-8-13-5-3-4-6-17(13)21-14/h3-8H,10H2,1-2H3,(H,19,20). The summed E-state index contributed by atoms with van der Waals surface area (Å²) < 4.78 is 5.76. The van der Waals surface area contributed by atoms with Gasteiger partial charge in [-0.3, -0.25) is 4.98 Å². The van der Waals surface area contributed by atoms with Crippen LogP contribution in [0.4, 0.5) is 5.69 Å². The van der Waals surface area contributed by atoms with Gasteiger partial charge in [-0.2, -0.15) is 5.26 Å². The van der Waals surface area contributed by atoms with Crippen LogP contribution in [0.5, 0.6) is 0 Å². The van der Waals surface area contributed by atoms with E-state index in [9.17, 15) is 5.26 Å². The monoisotopic (exact) mass is 277 g/mol. The first-order chi connectivity index (χ1) is 10.2. The summed E-state index contributed by atoms with van der Waals surface area (Å²) in [6.45, 7) is 4.30. The molecule has 21 heavy (non-hydrogen) atoms. The van der Waals surface area contributed by atoms with Crippen LogP contribution in [0.25, 0.3) is 11.0 Å². The summed E-state index contributed by atoms with van der Waals surface area (Å²) in [4.78, 5) is 4.31. The van der Waals surface area contributed by atoms with Crippen molar-refractivity contribution in [2.24, 2.45) is 0 Å². The second kappa shape index (κ2) is 5.29. The smallest absolute Gasteiger partial charge is 0.134 e. The van der Waals surface area contributed by atoms with Crippen molar-refractivity contribution >= 4 is 16.7 Å². The maximum absolute atomic E-state index is 9.25. The van der Waals surface area contributed by atoms with Gasteiger partial charge in [-0.25, -0.2) is 0 Å². The Morgan fingerprint density at radius 2 is 2.05 bits per heavy atom. The average molecular weight is 277 g/mol. The first-order valence-electron chi connectivity index (χ1n) is 6.77. The van der Waals surface area contributed by atoms with Crippen molar-refractivity contribution in [3.8, 4) is 6.07 Å². The average Bonchev–Trinajstić information content (AvgIpc) is 2.87. The maximum atomic E-state index is 9.25. The van der Waals surface area contributed by atoms with E-state index < -0.39 is 0 Å². The minimum atomic E-state index is 0.534. The first-order valence-corrected chi connectivity index (χ1v) is 6.77. The number of nitriles is 1. The molecule has 0 amide bonds. The largest absolute Gasteiger partial charge is 0.459 e. The molecule has 0 fully saturated rings. The van der Waals surface area contributed by atoms with E-state index in [4.69, 9.17) is 4.42 Å². The summed E-state index contributed by atoms with van der Waals surface area (Å²) >= 11 is 0.